The molecule has 3 rings (SSSR count). The lowest BCUT2D eigenvalue weighted by Crippen LogP contribution is -2.55. The number of carbonyl (C=O) groups is 3. The zero-order valence-corrected chi connectivity index (χ0v) is 19.4. The van der Waals surface area contributed by atoms with Gasteiger partial charge in [0.25, 0.3) is 0 Å². The number of nitrogens with zero attached hydrogens (tertiary/aromatic N) is 3. The Morgan fingerprint density at radius 1 is 1.09 bits per heavy atom. The first-order valence-corrected chi connectivity index (χ1v) is 11.7. The minimum Gasteiger partial charge on any atom is -0.339 e. The average Bonchev–Trinajstić information content (AvgIpc) is 2.80. The van der Waals surface area contributed by atoms with E-state index in [1.165, 1.54) is 6.07 Å². The summed E-state index contributed by atoms with van der Waals surface area (Å²) in [5, 5.41) is 2.98. The second-order valence-corrected chi connectivity index (χ2v) is 8.87. The van der Waals surface area contributed by atoms with Crippen molar-refractivity contribution in [3.8, 4) is 0 Å². The molecule has 176 valence electrons. The predicted molar refractivity (Wildman–Crippen MR) is 120 cm³/mol. The molecular weight excluding hydrogens is 411 g/mol. The van der Waals surface area contributed by atoms with E-state index in [1.54, 1.807) is 35.8 Å². The van der Waals surface area contributed by atoms with Crippen LogP contribution in [0.3, 0.4) is 0 Å². The zero-order valence-electron chi connectivity index (χ0n) is 19.4. The molecular formula is C24H35FN4O3. The van der Waals surface area contributed by atoms with E-state index in [1.807, 2.05) is 4.90 Å². The molecule has 2 unspecified atom stereocenters. The Morgan fingerprint density at radius 2 is 1.78 bits per heavy atom. The molecule has 0 aromatic heterocycles. The summed E-state index contributed by atoms with van der Waals surface area (Å²) in [7, 11) is 0. The SMILES string of the molecule is CCCCNC(=O)N1CC(C(=O)N2CCN(C(C)=O)CC2)CCC1c1ccc(F)c(C)c1. The summed E-state index contributed by atoms with van der Waals surface area (Å²) in [6.45, 7) is 8.41. The summed E-state index contributed by atoms with van der Waals surface area (Å²) in [6.07, 6.45) is 3.19. The number of piperazine rings is 1. The summed E-state index contributed by atoms with van der Waals surface area (Å²) in [4.78, 5) is 43.1. The average molecular weight is 447 g/mol. The molecule has 0 spiro atoms. The number of hydrogen-bond donors (Lipinski definition) is 1. The molecule has 1 aromatic rings. The Labute approximate surface area is 189 Å². The molecule has 1 N–H and O–H groups in total. The van der Waals surface area contributed by atoms with E-state index < -0.39 is 0 Å². The van der Waals surface area contributed by atoms with Crippen LogP contribution in [0.4, 0.5) is 9.18 Å². The number of piperidine rings is 1. The zero-order chi connectivity index (χ0) is 23.3. The fraction of sp³-hybridized carbons (Fsp3) is 0.625. The van der Waals surface area contributed by atoms with Crippen LogP contribution < -0.4 is 5.32 Å². The molecule has 2 aliphatic rings. The third-order valence-corrected chi connectivity index (χ3v) is 6.60. The van der Waals surface area contributed by atoms with Crippen molar-refractivity contribution >= 4 is 17.8 Å². The van der Waals surface area contributed by atoms with Crippen LogP contribution in [-0.2, 0) is 9.59 Å². The van der Waals surface area contributed by atoms with Crippen molar-refractivity contribution in [2.24, 2.45) is 5.92 Å². The largest absolute Gasteiger partial charge is 0.339 e. The highest BCUT2D eigenvalue weighted by molar-refractivity contribution is 5.82. The van der Waals surface area contributed by atoms with Crippen molar-refractivity contribution in [1.29, 1.82) is 0 Å². The maximum Gasteiger partial charge on any atom is 0.317 e. The molecule has 32 heavy (non-hydrogen) atoms. The van der Waals surface area contributed by atoms with Crippen molar-refractivity contribution in [2.75, 3.05) is 39.3 Å². The number of amides is 4. The van der Waals surface area contributed by atoms with Gasteiger partial charge in [0.2, 0.25) is 11.8 Å². The number of carbonyl (C=O) groups excluding carboxylic acids is 3. The summed E-state index contributed by atoms with van der Waals surface area (Å²) in [6, 6.07) is 4.63. The highest BCUT2D eigenvalue weighted by Crippen LogP contribution is 2.35. The molecule has 2 saturated heterocycles. The smallest absolute Gasteiger partial charge is 0.317 e. The van der Waals surface area contributed by atoms with E-state index in [9.17, 15) is 18.8 Å². The Hall–Kier alpha value is -2.64. The number of rotatable bonds is 5. The second kappa shape index (κ2) is 10.8. The molecule has 0 radical (unpaired) electrons. The normalized spacial score (nSPS) is 21.4. The van der Waals surface area contributed by atoms with Crippen molar-refractivity contribution in [2.45, 2.75) is 52.5 Å². The Kier molecular flexibility index (Phi) is 8.10. The van der Waals surface area contributed by atoms with Crippen molar-refractivity contribution < 1.29 is 18.8 Å². The van der Waals surface area contributed by atoms with Gasteiger partial charge in [-0.05, 0) is 43.4 Å². The topological polar surface area (TPSA) is 73.0 Å². The van der Waals surface area contributed by atoms with Gasteiger partial charge < -0.3 is 20.0 Å². The number of likely N-dealkylation sites (tertiary alicyclic amines) is 1. The van der Waals surface area contributed by atoms with Gasteiger partial charge in [-0.15, -0.1) is 0 Å². The van der Waals surface area contributed by atoms with Gasteiger partial charge in [-0.2, -0.15) is 0 Å². The third kappa shape index (κ3) is 5.58. The molecule has 2 atom stereocenters. The van der Waals surface area contributed by atoms with Crippen LogP contribution in [0.25, 0.3) is 0 Å². The Balaban J connectivity index is 1.72. The minimum atomic E-state index is -0.270. The number of unbranched alkanes of at least 4 members (excludes halogenated alkanes) is 1. The predicted octanol–water partition coefficient (Wildman–Crippen LogP) is 3.09. The standard InChI is InChI=1S/C24H35FN4O3/c1-4-5-10-26-24(32)29-16-20(23(31)28-13-11-27(12-14-28)18(3)30)7-9-22(29)19-6-8-21(25)17(2)15-19/h6,8,15,20,22H,4-5,7,9-14,16H2,1-3H3,(H,26,32). The van der Waals surface area contributed by atoms with E-state index >= 15 is 0 Å². The lowest BCUT2D eigenvalue weighted by atomic mass is 9.87. The van der Waals surface area contributed by atoms with Crippen LogP contribution in [0.1, 0.15) is 56.7 Å². The molecule has 7 nitrogen and oxygen atoms in total. The summed E-state index contributed by atoms with van der Waals surface area (Å²) in [5.74, 6) is -0.453. The molecule has 2 aliphatic heterocycles. The van der Waals surface area contributed by atoms with Gasteiger partial charge in [0, 0.05) is 46.2 Å². The number of halogens is 1. The Morgan fingerprint density at radius 3 is 2.41 bits per heavy atom. The minimum absolute atomic E-state index is 0.0297. The number of hydrogen-bond acceptors (Lipinski definition) is 3. The third-order valence-electron chi connectivity index (χ3n) is 6.60. The van der Waals surface area contributed by atoms with Gasteiger partial charge in [-0.25, -0.2) is 9.18 Å². The number of benzene rings is 1. The molecule has 0 saturated carbocycles. The number of nitrogens with one attached hydrogen (secondary N) is 1. The van der Waals surface area contributed by atoms with Crippen molar-refractivity contribution in [3.63, 3.8) is 0 Å². The van der Waals surface area contributed by atoms with Crippen LogP contribution >= 0.6 is 0 Å². The summed E-state index contributed by atoms with van der Waals surface area (Å²) in [5.41, 5.74) is 1.45. The molecule has 8 heteroatoms. The highest BCUT2D eigenvalue weighted by atomic mass is 19.1. The fourth-order valence-electron chi connectivity index (χ4n) is 4.59. The highest BCUT2D eigenvalue weighted by Gasteiger charge is 2.38. The molecule has 4 amide bonds. The van der Waals surface area contributed by atoms with E-state index in [0.717, 1.165) is 18.4 Å². The van der Waals surface area contributed by atoms with Gasteiger partial charge in [-0.3, -0.25) is 9.59 Å². The molecule has 0 aliphatic carbocycles. The lowest BCUT2D eigenvalue weighted by Gasteiger charge is -2.42. The van der Waals surface area contributed by atoms with Crippen LogP contribution in [0.5, 0.6) is 0 Å². The Bertz CT molecular complexity index is 839. The monoisotopic (exact) mass is 446 g/mol. The summed E-state index contributed by atoms with van der Waals surface area (Å²) >= 11 is 0. The molecule has 1 aromatic carbocycles. The molecule has 0 bridgehead atoms. The first kappa shape index (κ1) is 24.0. The van der Waals surface area contributed by atoms with Crippen LogP contribution in [0.15, 0.2) is 18.2 Å². The van der Waals surface area contributed by atoms with Crippen LogP contribution in [-0.4, -0.2) is 71.8 Å². The van der Waals surface area contributed by atoms with Gasteiger partial charge in [0.15, 0.2) is 0 Å². The van der Waals surface area contributed by atoms with Gasteiger partial charge in [-0.1, -0.05) is 25.5 Å². The number of urea groups is 1. The van der Waals surface area contributed by atoms with Crippen molar-refractivity contribution in [3.05, 3.63) is 35.1 Å². The van der Waals surface area contributed by atoms with E-state index in [-0.39, 0.29) is 35.6 Å². The fourth-order valence-corrected chi connectivity index (χ4v) is 4.59. The lowest BCUT2D eigenvalue weighted by molar-refractivity contribution is -0.142. The van der Waals surface area contributed by atoms with Crippen LogP contribution in [0.2, 0.25) is 0 Å². The van der Waals surface area contributed by atoms with Crippen molar-refractivity contribution in [1.82, 2.24) is 20.0 Å². The maximum absolute atomic E-state index is 13.8. The summed E-state index contributed by atoms with van der Waals surface area (Å²) < 4.78 is 13.8. The van der Waals surface area contributed by atoms with Gasteiger partial charge in [0.1, 0.15) is 5.82 Å². The van der Waals surface area contributed by atoms with E-state index in [2.05, 4.69) is 12.2 Å². The second-order valence-electron chi connectivity index (χ2n) is 8.87. The first-order chi connectivity index (χ1) is 15.3. The van der Waals surface area contributed by atoms with E-state index in [0.29, 0.717) is 57.7 Å². The van der Waals surface area contributed by atoms with Gasteiger partial charge >= 0.3 is 6.03 Å². The van der Waals surface area contributed by atoms with Crippen LogP contribution in [0, 0.1) is 18.7 Å². The number of aryl methyl sites for hydroxylation is 1. The first-order valence-electron chi connectivity index (χ1n) is 11.7. The van der Waals surface area contributed by atoms with E-state index in [4.69, 9.17) is 0 Å². The van der Waals surface area contributed by atoms with Gasteiger partial charge in [0.05, 0.1) is 12.0 Å². The molecule has 2 fully saturated rings. The molecule has 2 heterocycles. The quantitative estimate of drug-likeness (QED) is 0.707. The maximum atomic E-state index is 13.8.